The van der Waals surface area contributed by atoms with Crippen LogP contribution in [0, 0.1) is 0 Å². The van der Waals surface area contributed by atoms with E-state index in [2.05, 4.69) is 10.3 Å². The van der Waals surface area contributed by atoms with Crippen molar-refractivity contribution in [1.29, 1.82) is 0 Å². The van der Waals surface area contributed by atoms with Crippen molar-refractivity contribution in [2.24, 2.45) is 4.99 Å². The largest absolute Gasteiger partial charge is 0.384 e. The van der Waals surface area contributed by atoms with Crippen LogP contribution in [0.2, 0.25) is 0 Å². The Morgan fingerprint density at radius 1 is 1.20 bits per heavy atom. The number of ether oxygens (including phenoxy) is 1. The van der Waals surface area contributed by atoms with Gasteiger partial charge in [-0.3, -0.25) is 9.79 Å². The summed E-state index contributed by atoms with van der Waals surface area (Å²) in [4.78, 5) is 18.5. The molecule has 2 aliphatic heterocycles. The second-order valence-electron chi connectivity index (χ2n) is 4.73. The van der Waals surface area contributed by atoms with Gasteiger partial charge in [-0.15, -0.1) is 0 Å². The highest BCUT2D eigenvalue weighted by molar-refractivity contribution is 5.94. The van der Waals surface area contributed by atoms with Crippen molar-refractivity contribution in [3.8, 4) is 0 Å². The van der Waals surface area contributed by atoms with E-state index in [-0.39, 0.29) is 5.91 Å². The highest BCUT2D eigenvalue weighted by Gasteiger charge is 2.18. The zero-order valence-electron chi connectivity index (χ0n) is 11.2. The minimum absolute atomic E-state index is 0.0686. The van der Waals surface area contributed by atoms with Crippen LogP contribution >= 0.6 is 0 Å². The number of aliphatic imine (C=N–C) groups is 1. The lowest BCUT2D eigenvalue weighted by Gasteiger charge is -2.26. The zero-order chi connectivity index (χ0) is 13.8. The van der Waals surface area contributed by atoms with E-state index in [1.165, 1.54) is 0 Å². The minimum Gasteiger partial charge on any atom is -0.384 e. The van der Waals surface area contributed by atoms with Gasteiger partial charge in [-0.25, -0.2) is 0 Å². The van der Waals surface area contributed by atoms with Gasteiger partial charge in [-0.05, 0) is 12.1 Å². The van der Waals surface area contributed by atoms with Gasteiger partial charge in [-0.2, -0.15) is 0 Å². The molecule has 3 rings (SSSR count). The fourth-order valence-corrected chi connectivity index (χ4v) is 2.28. The van der Waals surface area contributed by atoms with Crippen molar-refractivity contribution in [3.63, 3.8) is 0 Å². The number of benzene rings is 1. The van der Waals surface area contributed by atoms with Crippen LogP contribution in [-0.2, 0) is 4.74 Å². The number of nitrogens with one attached hydrogen (secondary N) is 1. The first kappa shape index (κ1) is 12.9. The van der Waals surface area contributed by atoms with E-state index in [4.69, 9.17) is 4.74 Å². The highest BCUT2D eigenvalue weighted by atomic mass is 16.5. The molecule has 1 saturated heterocycles. The van der Waals surface area contributed by atoms with E-state index in [0.29, 0.717) is 31.9 Å². The summed E-state index contributed by atoms with van der Waals surface area (Å²) in [6.07, 6.45) is 3.72. The van der Waals surface area contributed by atoms with Gasteiger partial charge < -0.3 is 15.0 Å². The van der Waals surface area contributed by atoms with Crippen LogP contribution < -0.4 is 5.32 Å². The molecule has 0 atom stereocenters. The van der Waals surface area contributed by atoms with Crippen molar-refractivity contribution >= 4 is 17.8 Å². The average molecular weight is 271 g/mol. The van der Waals surface area contributed by atoms with Crippen LogP contribution in [0.5, 0.6) is 0 Å². The summed E-state index contributed by atoms with van der Waals surface area (Å²) in [5, 5.41) is 3.12. The molecule has 1 fully saturated rings. The molecule has 1 aromatic carbocycles. The fourth-order valence-electron chi connectivity index (χ4n) is 2.28. The fraction of sp³-hybridized carbons (Fsp3) is 0.333. The molecular weight excluding hydrogens is 254 g/mol. The second kappa shape index (κ2) is 5.88. The second-order valence-corrected chi connectivity index (χ2v) is 4.73. The Labute approximate surface area is 117 Å². The van der Waals surface area contributed by atoms with E-state index in [1.54, 1.807) is 0 Å². The Morgan fingerprint density at radius 3 is 2.60 bits per heavy atom. The molecule has 1 N–H and O–H groups in total. The molecule has 0 radical (unpaired) electrons. The third kappa shape index (κ3) is 2.72. The molecule has 0 aromatic heterocycles. The number of rotatable bonds is 2. The third-order valence-electron chi connectivity index (χ3n) is 3.40. The molecule has 2 heterocycles. The zero-order valence-corrected chi connectivity index (χ0v) is 11.2. The van der Waals surface area contributed by atoms with E-state index in [0.717, 1.165) is 17.8 Å². The summed E-state index contributed by atoms with van der Waals surface area (Å²) < 4.78 is 5.26. The number of amides is 1. The molecule has 20 heavy (non-hydrogen) atoms. The van der Waals surface area contributed by atoms with E-state index in [1.807, 2.05) is 41.6 Å². The lowest BCUT2D eigenvalue weighted by atomic mass is 10.1. The van der Waals surface area contributed by atoms with Crippen molar-refractivity contribution in [3.05, 3.63) is 41.6 Å². The topological polar surface area (TPSA) is 53.9 Å². The monoisotopic (exact) mass is 271 g/mol. The first-order valence-electron chi connectivity index (χ1n) is 6.78. The molecule has 0 saturated carbocycles. The Balaban J connectivity index is 1.73. The molecule has 5 heteroatoms. The summed E-state index contributed by atoms with van der Waals surface area (Å²) in [7, 11) is 0. The van der Waals surface area contributed by atoms with Gasteiger partial charge in [0.2, 0.25) is 0 Å². The van der Waals surface area contributed by atoms with Crippen molar-refractivity contribution in [2.45, 2.75) is 0 Å². The van der Waals surface area contributed by atoms with Crippen molar-refractivity contribution in [1.82, 2.24) is 10.2 Å². The van der Waals surface area contributed by atoms with Gasteiger partial charge >= 0.3 is 0 Å². The molecule has 0 aliphatic carbocycles. The predicted molar refractivity (Wildman–Crippen MR) is 77.6 cm³/mol. The van der Waals surface area contributed by atoms with Crippen molar-refractivity contribution in [2.75, 3.05) is 32.8 Å². The van der Waals surface area contributed by atoms with Crippen LogP contribution in [0.15, 0.2) is 35.5 Å². The van der Waals surface area contributed by atoms with Crippen molar-refractivity contribution < 1.29 is 9.53 Å². The van der Waals surface area contributed by atoms with Gasteiger partial charge in [0.1, 0.15) is 0 Å². The van der Waals surface area contributed by atoms with Gasteiger partial charge in [0.15, 0.2) is 0 Å². The number of hydrogen-bond acceptors (Lipinski definition) is 4. The SMILES string of the molecule is O=C(c1ccc(C2=CNCC=N2)cc1)N1CCOCC1. The summed E-state index contributed by atoms with van der Waals surface area (Å²) >= 11 is 0. The molecule has 0 spiro atoms. The van der Waals surface area contributed by atoms with Gasteiger partial charge in [0, 0.05) is 43.2 Å². The Kier molecular flexibility index (Phi) is 3.78. The van der Waals surface area contributed by atoms with Crippen LogP contribution in [0.4, 0.5) is 0 Å². The number of carbonyl (C=O) groups is 1. The Hall–Kier alpha value is -2.14. The van der Waals surface area contributed by atoms with Crippen LogP contribution in [0.25, 0.3) is 5.70 Å². The maximum Gasteiger partial charge on any atom is 0.254 e. The first-order chi connectivity index (χ1) is 9.84. The predicted octanol–water partition coefficient (Wildman–Crippen LogP) is 1.13. The molecule has 1 amide bonds. The van der Waals surface area contributed by atoms with E-state index >= 15 is 0 Å². The van der Waals surface area contributed by atoms with Crippen LogP contribution in [0.3, 0.4) is 0 Å². The maximum atomic E-state index is 12.3. The number of carbonyl (C=O) groups excluding carboxylic acids is 1. The number of morpholine rings is 1. The minimum atomic E-state index is 0.0686. The summed E-state index contributed by atoms with van der Waals surface area (Å²) in [5.41, 5.74) is 2.61. The van der Waals surface area contributed by atoms with E-state index in [9.17, 15) is 4.79 Å². The molecule has 0 bridgehead atoms. The third-order valence-corrected chi connectivity index (χ3v) is 3.40. The molecule has 104 valence electrons. The quantitative estimate of drug-likeness (QED) is 0.877. The molecular formula is C15H17N3O2. The smallest absolute Gasteiger partial charge is 0.254 e. The normalized spacial score (nSPS) is 18.4. The number of nitrogens with zero attached hydrogens (tertiary/aromatic N) is 2. The first-order valence-corrected chi connectivity index (χ1v) is 6.78. The number of hydrogen-bond donors (Lipinski definition) is 1. The molecule has 0 unspecified atom stereocenters. The van der Waals surface area contributed by atoms with Gasteiger partial charge in [-0.1, -0.05) is 12.1 Å². The molecule has 2 aliphatic rings. The van der Waals surface area contributed by atoms with Gasteiger partial charge in [0.05, 0.1) is 18.9 Å². The summed E-state index contributed by atoms with van der Waals surface area (Å²) in [5.74, 6) is 0.0686. The Bertz CT molecular complexity index is 543. The average Bonchev–Trinajstić information content (AvgIpc) is 2.56. The maximum absolute atomic E-state index is 12.3. The van der Waals surface area contributed by atoms with Gasteiger partial charge in [0.25, 0.3) is 5.91 Å². The molecule has 5 nitrogen and oxygen atoms in total. The van der Waals surface area contributed by atoms with E-state index < -0.39 is 0 Å². The lowest BCUT2D eigenvalue weighted by Crippen LogP contribution is -2.40. The van der Waals surface area contributed by atoms with Crippen LogP contribution in [0.1, 0.15) is 15.9 Å². The highest BCUT2D eigenvalue weighted by Crippen LogP contribution is 2.17. The Morgan fingerprint density at radius 2 is 1.95 bits per heavy atom. The van der Waals surface area contributed by atoms with Crippen LogP contribution in [-0.4, -0.2) is 49.9 Å². The lowest BCUT2D eigenvalue weighted by molar-refractivity contribution is 0.0303. The molecule has 1 aromatic rings. The standard InChI is InChI=1S/C15H17N3O2/c19-15(18-7-9-20-10-8-18)13-3-1-12(2-4-13)14-11-16-5-6-17-14/h1-4,6,11,16H,5,7-10H2. The summed E-state index contributed by atoms with van der Waals surface area (Å²) in [6.45, 7) is 3.34. The summed E-state index contributed by atoms with van der Waals surface area (Å²) in [6, 6.07) is 7.59.